The first-order valence-electron chi connectivity index (χ1n) is 4.23. The van der Waals surface area contributed by atoms with Crippen molar-refractivity contribution in [3.8, 4) is 0 Å². The standard InChI is InChI=1S/C10H16O/c1-8(2)11-10-7-5-4-6-9(10)3/h4,6,8H,5,7H2,1-3H3. The van der Waals surface area contributed by atoms with E-state index < -0.39 is 0 Å². The Kier molecular flexibility index (Phi) is 2.75. The molecule has 0 spiro atoms. The van der Waals surface area contributed by atoms with Crippen LogP contribution in [0.15, 0.2) is 23.5 Å². The zero-order valence-electron chi connectivity index (χ0n) is 7.55. The molecule has 62 valence electrons. The van der Waals surface area contributed by atoms with Gasteiger partial charge in [-0.2, -0.15) is 0 Å². The van der Waals surface area contributed by atoms with E-state index in [4.69, 9.17) is 4.74 Å². The third-order valence-electron chi connectivity index (χ3n) is 1.72. The average molecular weight is 152 g/mol. The second-order valence-electron chi connectivity index (χ2n) is 3.21. The maximum absolute atomic E-state index is 5.63. The molecule has 0 amide bonds. The largest absolute Gasteiger partial charge is 0.495 e. The molecule has 0 aromatic rings. The minimum Gasteiger partial charge on any atom is -0.495 e. The molecule has 0 radical (unpaired) electrons. The summed E-state index contributed by atoms with van der Waals surface area (Å²) in [4.78, 5) is 0. The van der Waals surface area contributed by atoms with Crippen LogP contribution in [0.5, 0.6) is 0 Å². The number of allylic oxidation sites excluding steroid dienone is 4. The summed E-state index contributed by atoms with van der Waals surface area (Å²) < 4.78 is 5.63. The topological polar surface area (TPSA) is 9.23 Å². The molecule has 0 N–H and O–H groups in total. The highest BCUT2D eigenvalue weighted by Crippen LogP contribution is 2.20. The van der Waals surface area contributed by atoms with E-state index in [0.717, 1.165) is 12.8 Å². The Balaban J connectivity index is 2.60. The van der Waals surface area contributed by atoms with Crippen molar-refractivity contribution < 1.29 is 4.74 Å². The van der Waals surface area contributed by atoms with Crippen LogP contribution in [0.1, 0.15) is 33.6 Å². The lowest BCUT2D eigenvalue weighted by Crippen LogP contribution is -2.05. The van der Waals surface area contributed by atoms with Crippen molar-refractivity contribution in [3.63, 3.8) is 0 Å². The molecule has 1 aliphatic carbocycles. The van der Waals surface area contributed by atoms with Crippen LogP contribution >= 0.6 is 0 Å². The third kappa shape index (κ3) is 2.41. The molecule has 1 rings (SSSR count). The summed E-state index contributed by atoms with van der Waals surface area (Å²) in [5.74, 6) is 1.17. The van der Waals surface area contributed by atoms with E-state index in [2.05, 4.69) is 32.9 Å². The van der Waals surface area contributed by atoms with Crippen molar-refractivity contribution in [2.75, 3.05) is 0 Å². The van der Waals surface area contributed by atoms with Gasteiger partial charge in [0, 0.05) is 6.42 Å². The van der Waals surface area contributed by atoms with Crippen LogP contribution in [-0.4, -0.2) is 6.10 Å². The summed E-state index contributed by atoms with van der Waals surface area (Å²) in [7, 11) is 0. The fourth-order valence-electron chi connectivity index (χ4n) is 1.20. The molecule has 0 heterocycles. The van der Waals surface area contributed by atoms with Crippen LogP contribution in [0.4, 0.5) is 0 Å². The summed E-state index contributed by atoms with van der Waals surface area (Å²) >= 11 is 0. The molecule has 0 saturated carbocycles. The van der Waals surface area contributed by atoms with E-state index in [9.17, 15) is 0 Å². The molecule has 0 atom stereocenters. The van der Waals surface area contributed by atoms with E-state index in [1.165, 1.54) is 11.3 Å². The molecular weight excluding hydrogens is 136 g/mol. The quantitative estimate of drug-likeness (QED) is 0.591. The number of hydrogen-bond acceptors (Lipinski definition) is 1. The Morgan fingerprint density at radius 1 is 1.45 bits per heavy atom. The molecule has 11 heavy (non-hydrogen) atoms. The van der Waals surface area contributed by atoms with Crippen molar-refractivity contribution in [2.24, 2.45) is 0 Å². The van der Waals surface area contributed by atoms with Crippen LogP contribution in [0.25, 0.3) is 0 Å². The molecule has 0 aromatic heterocycles. The number of rotatable bonds is 2. The summed E-state index contributed by atoms with van der Waals surface area (Å²) in [5, 5.41) is 0. The molecule has 0 bridgehead atoms. The van der Waals surface area contributed by atoms with Gasteiger partial charge in [0.25, 0.3) is 0 Å². The third-order valence-corrected chi connectivity index (χ3v) is 1.72. The second-order valence-corrected chi connectivity index (χ2v) is 3.21. The lowest BCUT2D eigenvalue weighted by Gasteiger charge is -2.17. The molecule has 0 unspecified atom stereocenters. The highest BCUT2D eigenvalue weighted by atomic mass is 16.5. The van der Waals surface area contributed by atoms with Gasteiger partial charge in [0.1, 0.15) is 0 Å². The predicted molar refractivity (Wildman–Crippen MR) is 47.3 cm³/mol. The van der Waals surface area contributed by atoms with Crippen molar-refractivity contribution in [1.82, 2.24) is 0 Å². The SMILES string of the molecule is CC1=C(OC(C)C)CCC=C1. The molecule has 0 aliphatic heterocycles. The molecule has 0 saturated heterocycles. The van der Waals surface area contributed by atoms with Gasteiger partial charge in [-0.05, 0) is 32.8 Å². The van der Waals surface area contributed by atoms with Gasteiger partial charge in [-0.15, -0.1) is 0 Å². The first-order chi connectivity index (χ1) is 5.20. The minimum absolute atomic E-state index is 0.312. The molecular formula is C10H16O. The normalized spacial score (nSPS) is 17.8. The minimum atomic E-state index is 0.312. The van der Waals surface area contributed by atoms with Crippen LogP contribution < -0.4 is 0 Å². The van der Waals surface area contributed by atoms with Gasteiger partial charge in [0.15, 0.2) is 0 Å². The van der Waals surface area contributed by atoms with Crippen molar-refractivity contribution in [1.29, 1.82) is 0 Å². The van der Waals surface area contributed by atoms with Crippen molar-refractivity contribution >= 4 is 0 Å². The van der Waals surface area contributed by atoms with E-state index in [0.29, 0.717) is 6.10 Å². The van der Waals surface area contributed by atoms with E-state index in [1.54, 1.807) is 0 Å². The maximum atomic E-state index is 5.63. The van der Waals surface area contributed by atoms with Crippen LogP contribution in [0.2, 0.25) is 0 Å². The molecule has 1 aliphatic rings. The zero-order chi connectivity index (χ0) is 8.27. The highest BCUT2D eigenvalue weighted by molar-refractivity contribution is 5.23. The molecule has 1 nitrogen and oxygen atoms in total. The molecule has 0 aromatic carbocycles. The fourth-order valence-corrected chi connectivity index (χ4v) is 1.20. The maximum Gasteiger partial charge on any atom is 0.0995 e. The Labute approximate surface area is 68.8 Å². The van der Waals surface area contributed by atoms with Crippen LogP contribution in [0, 0.1) is 0 Å². The van der Waals surface area contributed by atoms with E-state index in [1.807, 2.05) is 0 Å². The van der Waals surface area contributed by atoms with Crippen LogP contribution in [-0.2, 0) is 4.74 Å². The number of ether oxygens (including phenoxy) is 1. The Morgan fingerprint density at radius 2 is 2.18 bits per heavy atom. The Bertz CT molecular complexity index is 187. The van der Waals surface area contributed by atoms with E-state index in [-0.39, 0.29) is 0 Å². The summed E-state index contributed by atoms with van der Waals surface area (Å²) in [6.07, 6.45) is 6.84. The van der Waals surface area contributed by atoms with Gasteiger partial charge in [0.2, 0.25) is 0 Å². The monoisotopic (exact) mass is 152 g/mol. The van der Waals surface area contributed by atoms with Crippen molar-refractivity contribution in [3.05, 3.63) is 23.5 Å². The Hall–Kier alpha value is -0.720. The van der Waals surface area contributed by atoms with Gasteiger partial charge in [0.05, 0.1) is 11.9 Å². The second kappa shape index (κ2) is 3.61. The summed E-state index contributed by atoms with van der Waals surface area (Å²) in [6, 6.07) is 0. The fraction of sp³-hybridized carbons (Fsp3) is 0.600. The van der Waals surface area contributed by atoms with Gasteiger partial charge in [-0.3, -0.25) is 0 Å². The lowest BCUT2D eigenvalue weighted by atomic mass is 10.1. The van der Waals surface area contributed by atoms with Gasteiger partial charge >= 0.3 is 0 Å². The van der Waals surface area contributed by atoms with Crippen LogP contribution in [0.3, 0.4) is 0 Å². The van der Waals surface area contributed by atoms with Gasteiger partial charge in [-0.25, -0.2) is 0 Å². The molecule has 0 fully saturated rings. The first-order valence-corrected chi connectivity index (χ1v) is 4.23. The van der Waals surface area contributed by atoms with Gasteiger partial charge < -0.3 is 4.74 Å². The summed E-state index contributed by atoms with van der Waals surface area (Å²) in [5.41, 5.74) is 1.28. The highest BCUT2D eigenvalue weighted by Gasteiger charge is 2.06. The Morgan fingerprint density at radius 3 is 2.73 bits per heavy atom. The summed E-state index contributed by atoms with van der Waals surface area (Å²) in [6.45, 7) is 6.24. The van der Waals surface area contributed by atoms with Crippen molar-refractivity contribution in [2.45, 2.75) is 39.7 Å². The smallest absolute Gasteiger partial charge is 0.0995 e. The van der Waals surface area contributed by atoms with E-state index >= 15 is 0 Å². The lowest BCUT2D eigenvalue weighted by molar-refractivity contribution is 0.137. The predicted octanol–water partition coefficient (Wildman–Crippen LogP) is 3.04. The first kappa shape index (κ1) is 8.38. The van der Waals surface area contributed by atoms with Gasteiger partial charge in [-0.1, -0.05) is 12.2 Å². The average Bonchev–Trinajstić information content (AvgIpc) is 1.93. The zero-order valence-corrected chi connectivity index (χ0v) is 7.55. The molecule has 1 heteroatoms. The number of hydrogen-bond donors (Lipinski definition) is 0.